The Morgan fingerprint density at radius 1 is 0.960 bits per heavy atom. The number of benzene rings is 2. The molecule has 118 valence electrons. The van der Waals surface area contributed by atoms with Gasteiger partial charge >= 0.3 is 0 Å². The fourth-order valence-corrected chi connectivity index (χ4v) is 3.50. The van der Waals surface area contributed by atoms with Gasteiger partial charge in [0.25, 0.3) is 0 Å². The predicted octanol–water partition coefficient (Wildman–Crippen LogP) is 4.07. The number of pyridine rings is 1. The highest BCUT2D eigenvalue weighted by atomic mass is 15.1. The van der Waals surface area contributed by atoms with Crippen molar-refractivity contribution in [3.63, 3.8) is 0 Å². The van der Waals surface area contributed by atoms with Gasteiger partial charge in [0.15, 0.2) is 5.82 Å². The van der Waals surface area contributed by atoms with Crippen molar-refractivity contribution in [3.05, 3.63) is 83.7 Å². The molecule has 3 heterocycles. The molecule has 3 aliphatic rings. The number of nitrogens with zero attached hydrogens (tertiary/aromatic N) is 4. The summed E-state index contributed by atoms with van der Waals surface area (Å²) >= 11 is 0. The molecule has 0 saturated carbocycles. The molecule has 3 aliphatic heterocycles. The molecule has 4 nitrogen and oxygen atoms in total. The lowest BCUT2D eigenvalue weighted by atomic mass is 9.86. The first-order valence-corrected chi connectivity index (χ1v) is 8.26. The molecule has 0 aromatic heterocycles. The Hall–Kier alpha value is -3.45. The summed E-state index contributed by atoms with van der Waals surface area (Å²) in [5.41, 5.74) is 6.05. The minimum Gasteiger partial charge on any atom is -0.348 e. The average Bonchev–Trinajstić information content (AvgIpc) is 3.06. The molecule has 0 amide bonds. The van der Waals surface area contributed by atoms with Gasteiger partial charge in [-0.3, -0.25) is 0 Å². The van der Waals surface area contributed by atoms with E-state index in [2.05, 4.69) is 16.8 Å². The summed E-state index contributed by atoms with van der Waals surface area (Å²) in [4.78, 5) is 9.53. The number of fused-ring (bicyclic) bond motifs is 3. The van der Waals surface area contributed by atoms with E-state index in [0.29, 0.717) is 11.5 Å². The lowest BCUT2D eigenvalue weighted by molar-refractivity contribution is 0.475. The second-order valence-electron chi connectivity index (χ2n) is 6.29. The van der Waals surface area contributed by atoms with Crippen LogP contribution in [0.2, 0.25) is 0 Å². The van der Waals surface area contributed by atoms with Crippen molar-refractivity contribution in [2.45, 2.75) is 12.5 Å². The molecule has 4 heteroatoms. The van der Waals surface area contributed by atoms with Crippen LogP contribution < -0.4 is 0 Å². The molecular formula is C21H14N4. The molecule has 0 radical (unpaired) electrons. The minimum atomic E-state index is 0.303. The van der Waals surface area contributed by atoms with Crippen LogP contribution in [0, 0.1) is 11.3 Å². The zero-order chi connectivity index (χ0) is 16.8. The third kappa shape index (κ3) is 2.14. The summed E-state index contributed by atoms with van der Waals surface area (Å²) in [6.07, 6.45) is 2.08. The van der Waals surface area contributed by atoms with E-state index in [0.717, 1.165) is 29.3 Å². The Morgan fingerprint density at radius 3 is 2.52 bits per heavy atom. The molecule has 2 aromatic carbocycles. The summed E-state index contributed by atoms with van der Waals surface area (Å²) in [5, 5.41) is 8.98. The number of aromatic nitrogens is 3. The van der Waals surface area contributed by atoms with Crippen LogP contribution in [-0.4, -0.2) is 14.5 Å². The summed E-state index contributed by atoms with van der Waals surface area (Å²) in [7, 11) is 0. The highest BCUT2D eigenvalue weighted by molar-refractivity contribution is 5.69. The quantitative estimate of drug-likeness (QED) is 0.559. The van der Waals surface area contributed by atoms with E-state index >= 15 is 0 Å². The van der Waals surface area contributed by atoms with Crippen LogP contribution in [0.3, 0.4) is 0 Å². The van der Waals surface area contributed by atoms with Gasteiger partial charge in [-0.25, -0.2) is 9.97 Å². The van der Waals surface area contributed by atoms with Crippen molar-refractivity contribution < 1.29 is 0 Å². The maximum atomic E-state index is 8.98. The van der Waals surface area contributed by atoms with E-state index in [1.807, 2.05) is 60.7 Å². The van der Waals surface area contributed by atoms with Gasteiger partial charge in [0, 0.05) is 24.2 Å². The van der Waals surface area contributed by atoms with Crippen molar-refractivity contribution in [1.29, 1.82) is 5.26 Å². The molecule has 1 unspecified atom stereocenters. The average molecular weight is 322 g/mol. The fraction of sp³-hybridized carbons (Fsp3) is 0.0952. The van der Waals surface area contributed by atoms with E-state index in [4.69, 9.17) is 15.2 Å². The highest BCUT2D eigenvalue weighted by Gasteiger charge is 2.33. The Bertz CT molecular complexity index is 1070. The molecule has 1 atom stereocenters. The van der Waals surface area contributed by atoms with Crippen LogP contribution in [0.5, 0.6) is 0 Å². The van der Waals surface area contributed by atoms with E-state index in [1.54, 1.807) is 0 Å². The van der Waals surface area contributed by atoms with Crippen LogP contribution in [-0.2, 0) is 6.54 Å². The largest absolute Gasteiger partial charge is 0.348 e. The third-order valence-electron chi connectivity index (χ3n) is 4.83. The Balaban J connectivity index is 1.60. The highest BCUT2D eigenvalue weighted by Crippen LogP contribution is 2.41. The van der Waals surface area contributed by atoms with Crippen LogP contribution in [0.25, 0.3) is 22.8 Å². The van der Waals surface area contributed by atoms with Crippen LogP contribution >= 0.6 is 0 Å². The molecule has 0 bridgehead atoms. The topological polar surface area (TPSA) is 54.5 Å². The lowest BCUT2D eigenvalue weighted by Crippen LogP contribution is -2.28. The monoisotopic (exact) mass is 322 g/mol. The minimum absolute atomic E-state index is 0.303. The second kappa shape index (κ2) is 5.29. The molecule has 0 spiro atoms. The third-order valence-corrected chi connectivity index (χ3v) is 4.83. The van der Waals surface area contributed by atoms with Gasteiger partial charge in [-0.15, -0.1) is 0 Å². The molecule has 0 N–H and O–H groups in total. The zero-order valence-electron chi connectivity index (χ0n) is 13.4. The SMILES string of the molecule is N#Cc1ccc(C2Cn3ccc4nc(-c5ccccc5)nc-4c32)cc1. The Labute approximate surface area is 145 Å². The van der Waals surface area contributed by atoms with Gasteiger partial charge in [-0.05, 0) is 23.8 Å². The first-order chi connectivity index (χ1) is 12.3. The van der Waals surface area contributed by atoms with E-state index in [1.165, 1.54) is 11.3 Å². The second-order valence-corrected chi connectivity index (χ2v) is 6.29. The number of nitriles is 1. The summed E-state index contributed by atoms with van der Waals surface area (Å²) in [5.74, 6) is 1.08. The molecule has 25 heavy (non-hydrogen) atoms. The maximum Gasteiger partial charge on any atom is 0.160 e. The molecule has 0 aliphatic carbocycles. The van der Waals surface area contributed by atoms with Gasteiger partial charge < -0.3 is 4.57 Å². The standard InChI is InChI=1S/C21H14N4/c22-12-14-6-8-15(9-7-14)17-13-25-11-10-18-19(20(17)25)24-21(23-18)16-4-2-1-3-5-16/h1-11,17H,13H2. The molecule has 5 rings (SSSR count). The Kier molecular flexibility index (Phi) is 2.95. The summed E-state index contributed by atoms with van der Waals surface area (Å²) in [6, 6.07) is 22.1. The number of rotatable bonds is 2. The van der Waals surface area contributed by atoms with Crippen LogP contribution in [0.15, 0.2) is 66.9 Å². The predicted molar refractivity (Wildman–Crippen MR) is 95.1 cm³/mol. The number of hydrogen-bond acceptors (Lipinski definition) is 3. The molecular weight excluding hydrogens is 308 g/mol. The van der Waals surface area contributed by atoms with Gasteiger partial charge in [-0.1, -0.05) is 42.5 Å². The van der Waals surface area contributed by atoms with Gasteiger partial charge in [0.05, 0.1) is 23.0 Å². The molecule has 2 aromatic rings. The Morgan fingerprint density at radius 2 is 1.76 bits per heavy atom. The van der Waals surface area contributed by atoms with Crippen LogP contribution in [0.4, 0.5) is 0 Å². The zero-order valence-corrected chi connectivity index (χ0v) is 13.4. The molecule has 0 fully saturated rings. The van der Waals surface area contributed by atoms with Crippen molar-refractivity contribution in [2.75, 3.05) is 0 Å². The van der Waals surface area contributed by atoms with Crippen LogP contribution in [0.1, 0.15) is 22.7 Å². The maximum absolute atomic E-state index is 8.98. The van der Waals surface area contributed by atoms with E-state index in [-0.39, 0.29) is 0 Å². The van der Waals surface area contributed by atoms with Crippen molar-refractivity contribution in [2.24, 2.45) is 0 Å². The number of imidazole rings is 1. The number of hydrogen-bond donors (Lipinski definition) is 0. The molecule has 0 saturated heterocycles. The van der Waals surface area contributed by atoms with Gasteiger partial charge in [0.1, 0.15) is 5.69 Å². The first kappa shape index (κ1) is 13.9. The van der Waals surface area contributed by atoms with Crippen molar-refractivity contribution in [1.82, 2.24) is 14.5 Å². The summed E-state index contributed by atoms with van der Waals surface area (Å²) in [6.45, 7) is 0.935. The van der Waals surface area contributed by atoms with Gasteiger partial charge in [-0.2, -0.15) is 5.26 Å². The van der Waals surface area contributed by atoms with Gasteiger partial charge in [0.2, 0.25) is 0 Å². The van der Waals surface area contributed by atoms with E-state index < -0.39 is 0 Å². The first-order valence-electron chi connectivity index (χ1n) is 8.26. The van der Waals surface area contributed by atoms with Crippen molar-refractivity contribution in [3.8, 4) is 28.8 Å². The fourth-order valence-electron chi connectivity index (χ4n) is 3.50. The normalized spacial score (nSPS) is 15.4. The summed E-state index contributed by atoms with van der Waals surface area (Å²) < 4.78 is 2.23. The van der Waals surface area contributed by atoms with E-state index in [9.17, 15) is 0 Å². The smallest absolute Gasteiger partial charge is 0.160 e. The van der Waals surface area contributed by atoms with Crippen molar-refractivity contribution >= 4 is 0 Å². The lowest BCUT2D eigenvalue weighted by Gasteiger charge is -2.34.